The number of anilines is 1. The number of amides is 1. The molecular weight excluding hydrogens is 304 g/mol. The Morgan fingerprint density at radius 2 is 2.04 bits per heavy atom. The van der Waals surface area contributed by atoms with Gasteiger partial charge in [0.05, 0.1) is 18.7 Å². The molecule has 1 amide bonds. The Labute approximate surface area is 140 Å². The molecule has 0 aliphatic carbocycles. The molecule has 1 unspecified atom stereocenters. The normalized spacial score (nSPS) is 11.9. The molecule has 1 atom stereocenters. The second-order valence-electron chi connectivity index (χ2n) is 5.55. The van der Waals surface area contributed by atoms with Crippen LogP contribution in [0.25, 0.3) is 11.5 Å². The van der Waals surface area contributed by atoms with Crippen molar-refractivity contribution in [2.75, 3.05) is 5.32 Å². The predicted molar refractivity (Wildman–Crippen MR) is 91.3 cm³/mol. The molecule has 2 N–H and O–H groups in total. The number of carbonyl (C=O) groups is 1. The fourth-order valence-electron chi connectivity index (χ4n) is 2.43. The molecule has 5 heteroatoms. The summed E-state index contributed by atoms with van der Waals surface area (Å²) in [6.45, 7) is 1.91. The van der Waals surface area contributed by atoms with Gasteiger partial charge in [-0.25, -0.2) is 4.98 Å². The molecule has 0 spiro atoms. The van der Waals surface area contributed by atoms with Crippen molar-refractivity contribution >= 4 is 11.6 Å². The van der Waals surface area contributed by atoms with E-state index in [4.69, 9.17) is 4.42 Å². The maximum absolute atomic E-state index is 12.2. The van der Waals surface area contributed by atoms with E-state index >= 15 is 0 Å². The first-order chi connectivity index (χ1) is 11.6. The molecule has 0 saturated heterocycles. The zero-order valence-corrected chi connectivity index (χ0v) is 13.3. The van der Waals surface area contributed by atoms with Crippen molar-refractivity contribution in [2.24, 2.45) is 0 Å². The lowest BCUT2D eigenvalue weighted by molar-refractivity contribution is -0.118. The van der Waals surface area contributed by atoms with Gasteiger partial charge in [-0.2, -0.15) is 0 Å². The molecule has 1 heterocycles. The van der Waals surface area contributed by atoms with Gasteiger partial charge >= 0.3 is 0 Å². The van der Waals surface area contributed by atoms with Crippen molar-refractivity contribution in [3.63, 3.8) is 0 Å². The van der Waals surface area contributed by atoms with E-state index in [1.54, 1.807) is 18.3 Å². The lowest BCUT2D eigenvalue weighted by Gasteiger charge is -2.13. The molecule has 0 bridgehead atoms. The summed E-state index contributed by atoms with van der Waals surface area (Å²) in [6, 6.07) is 14.7. The molecular formula is C19H18N2O3. The second kappa shape index (κ2) is 7.10. The predicted octanol–water partition coefficient (Wildman–Crippen LogP) is 3.71. The molecule has 0 aliphatic heterocycles. The van der Waals surface area contributed by atoms with Gasteiger partial charge in [0.1, 0.15) is 6.26 Å². The molecule has 0 aliphatic rings. The molecule has 3 aromatic rings. The Hall–Kier alpha value is -2.92. The summed E-state index contributed by atoms with van der Waals surface area (Å²) in [5.74, 6) is 0.244. The maximum Gasteiger partial charge on any atom is 0.227 e. The number of nitrogens with one attached hydrogen (secondary N) is 1. The number of nitrogens with zero attached hydrogens (tertiary/aromatic N) is 1. The summed E-state index contributed by atoms with van der Waals surface area (Å²) >= 11 is 0. The SMILES string of the molecule is Cc1ccc(-c2ncco2)cc1NC(=O)CC(O)c1ccccc1. The van der Waals surface area contributed by atoms with E-state index in [0.29, 0.717) is 11.6 Å². The van der Waals surface area contributed by atoms with E-state index in [1.807, 2.05) is 43.3 Å². The number of hydrogen-bond donors (Lipinski definition) is 2. The van der Waals surface area contributed by atoms with E-state index in [9.17, 15) is 9.90 Å². The Morgan fingerprint density at radius 1 is 1.25 bits per heavy atom. The Bertz CT molecular complexity index is 814. The molecule has 2 aromatic carbocycles. The van der Waals surface area contributed by atoms with Gasteiger partial charge in [0.25, 0.3) is 0 Å². The highest BCUT2D eigenvalue weighted by molar-refractivity contribution is 5.92. The standard InChI is InChI=1S/C19H18N2O3/c1-13-7-8-15(19-20-9-10-24-19)11-16(13)21-18(23)12-17(22)14-5-3-2-4-6-14/h2-11,17,22H,12H2,1H3,(H,21,23). The number of hydrogen-bond acceptors (Lipinski definition) is 4. The zero-order valence-electron chi connectivity index (χ0n) is 13.3. The number of aryl methyl sites for hydroxylation is 1. The zero-order chi connectivity index (χ0) is 16.9. The minimum atomic E-state index is -0.832. The maximum atomic E-state index is 12.2. The third-order valence-electron chi connectivity index (χ3n) is 3.75. The highest BCUT2D eigenvalue weighted by Crippen LogP contribution is 2.25. The van der Waals surface area contributed by atoms with Crippen LogP contribution >= 0.6 is 0 Å². The van der Waals surface area contributed by atoms with Crippen LogP contribution in [0.1, 0.15) is 23.7 Å². The van der Waals surface area contributed by atoms with Gasteiger partial charge in [0, 0.05) is 11.3 Å². The third-order valence-corrected chi connectivity index (χ3v) is 3.75. The van der Waals surface area contributed by atoms with Crippen molar-refractivity contribution < 1.29 is 14.3 Å². The summed E-state index contributed by atoms with van der Waals surface area (Å²) in [5.41, 5.74) is 3.10. The van der Waals surface area contributed by atoms with Crippen LogP contribution in [0.4, 0.5) is 5.69 Å². The van der Waals surface area contributed by atoms with Crippen LogP contribution in [0, 0.1) is 6.92 Å². The van der Waals surface area contributed by atoms with Crippen molar-refractivity contribution in [2.45, 2.75) is 19.4 Å². The number of rotatable bonds is 5. The van der Waals surface area contributed by atoms with E-state index in [1.165, 1.54) is 6.26 Å². The number of aromatic nitrogens is 1. The summed E-state index contributed by atoms with van der Waals surface area (Å²) in [7, 11) is 0. The Kier molecular flexibility index (Phi) is 4.72. The topological polar surface area (TPSA) is 75.4 Å². The fourth-order valence-corrected chi connectivity index (χ4v) is 2.43. The van der Waals surface area contributed by atoms with Gasteiger partial charge in [-0.1, -0.05) is 36.4 Å². The summed E-state index contributed by atoms with van der Waals surface area (Å²) in [6.07, 6.45) is 2.24. The van der Waals surface area contributed by atoms with E-state index in [0.717, 1.165) is 16.7 Å². The fraction of sp³-hybridized carbons (Fsp3) is 0.158. The van der Waals surface area contributed by atoms with Gasteiger partial charge in [0.15, 0.2) is 0 Å². The third kappa shape index (κ3) is 3.70. The highest BCUT2D eigenvalue weighted by Gasteiger charge is 2.14. The Morgan fingerprint density at radius 3 is 2.75 bits per heavy atom. The van der Waals surface area contributed by atoms with Crippen LogP contribution in [0.15, 0.2) is 65.4 Å². The average Bonchev–Trinajstić information content (AvgIpc) is 3.12. The summed E-state index contributed by atoms with van der Waals surface area (Å²) in [5, 5.41) is 13.0. The number of aliphatic hydroxyl groups is 1. The molecule has 122 valence electrons. The Balaban J connectivity index is 1.71. The van der Waals surface area contributed by atoms with Crippen molar-refractivity contribution in [3.05, 3.63) is 72.1 Å². The van der Waals surface area contributed by atoms with Gasteiger partial charge in [-0.3, -0.25) is 4.79 Å². The summed E-state index contributed by atoms with van der Waals surface area (Å²) < 4.78 is 5.28. The first-order valence-corrected chi connectivity index (χ1v) is 7.67. The van der Waals surface area contributed by atoms with E-state index in [2.05, 4.69) is 10.3 Å². The van der Waals surface area contributed by atoms with Gasteiger partial charge in [-0.05, 0) is 30.2 Å². The largest absolute Gasteiger partial charge is 0.445 e. The lowest BCUT2D eigenvalue weighted by Crippen LogP contribution is -2.16. The van der Waals surface area contributed by atoms with Crippen molar-refractivity contribution in [1.29, 1.82) is 0 Å². The van der Waals surface area contributed by atoms with Gasteiger partial charge in [-0.15, -0.1) is 0 Å². The number of aliphatic hydroxyl groups excluding tert-OH is 1. The van der Waals surface area contributed by atoms with Crippen LogP contribution < -0.4 is 5.32 Å². The van der Waals surface area contributed by atoms with E-state index in [-0.39, 0.29) is 12.3 Å². The lowest BCUT2D eigenvalue weighted by atomic mass is 10.1. The molecule has 1 aromatic heterocycles. The molecule has 24 heavy (non-hydrogen) atoms. The molecule has 5 nitrogen and oxygen atoms in total. The van der Waals surface area contributed by atoms with Crippen LogP contribution in [0.3, 0.4) is 0 Å². The van der Waals surface area contributed by atoms with Gasteiger partial charge in [0.2, 0.25) is 11.8 Å². The van der Waals surface area contributed by atoms with Crippen LogP contribution in [-0.2, 0) is 4.79 Å². The number of benzene rings is 2. The monoisotopic (exact) mass is 322 g/mol. The minimum absolute atomic E-state index is 0.00726. The first-order valence-electron chi connectivity index (χ1n) is 7.67. The number of oxazole rings is 1. The summed E-state index contributed by atoms with van der Waals surface area (Å²) in [4.78, 5) is 16.3. The van der Waals surface area contributed by atoms with Crippen LogP contribution in [-0.4, -0.2) is 16.0 Å². The molecule has 0 radical (unpaired) electrons. The van der Waals surface area contributed by atoms with Crippen molar-refractivity contribution in [1.82, 2.24) is 4.98 Å². The van der Waals surface area contributed by atoms with E-state index < -0.39 is 6.10 Å². The van der Waals surface area contributed by atoms with Gasteiger partial charge < -0.3 is 14.8 Å². The van der Waals surface area contributed by atoms with Crippen LogP contribution in [0.5, 0.6) is 0 Å². The average molecular weight is 322 g/mol. The van der Waals surface area contributed by atoms with Crippen molar-refractivity contribution in [3.8, 4) is 11.5 Å². The quantitative estimate of drug-likeness (QED) is 0.751. The smallest absolute Gasteiger partial charge is 0.227 e. The first kappa shape index (κ1) is 16.0. The molecule has 0 fully saturated rings. The molecule has 0 saturated carbocycles. The van der Waals surface area contributed by atoms with Crippen LogP contribution in [0.2, 0.25) is 0 Å². The minimum Gasteiger partial charge on any atom is -0.445 e. The highest BCUT2D eigenvalue weighted by atomic mass is 16.3. The molecule has 3 rings (SSSR count). The number of carbonyl (C=O) groups excluding carboxylic acids is 1. The second-order valence-corrected chi connectivity index (χ2v) is 5.55.